The summed E-state index contributed by atoms with van der Waals surface area (Å²) >= 11 is 0. The van der Waals surface area contributed by atoms with Crippen LogP contribution in [0.1, 0.15) is 5.69 Å². The van der Waals surface area contributed by atoms with E-state index in [1.165, 1.54) is 0 Å². The molecule has 0 bridgehead atoms. The van der Waals surface area contributed by atoms with Gasteiger partial charge in [-0.3, -0.25) is 4.98 Å². The number of hydrogen-bond donors (Lipinski definition) is 1. The second-order valence-electron chi connectivity index (χ2n) is 6.45. The van der Waals surface area contributed by atoms with E-state index in [2.05, 4.69) is 35.4 Å². The van der Waals surface area contributed by atoms with Crippen molar-refractivity contribution >= 4 is 11.6 Å². The number of halogens is 3. The number of nitrogens with zero attached hydrogens (tertiary/aromatic N) is 6. The molecule has 7 nitrogen and oxygen atoms in total. The zero-order chi connectivity index (χ0) is 19.6. The Bertz CT molecular complexity index is 926. The largest absolute Gasteiger partial charge is 0.433 e. The van der Waals surface area contributed by atoms with Gasteiger partial charge >= 0.3 is 6.18 Å². The summed E-state index contributed by atoms with van der Waals surface area (Å²) in [6.07, 6.45) is -0.160. The lowest BCUT2D eigenvalue weighted by Gasteiger charge is -2.40. The topological polar surface area (TPSA) is 79.7 Å². The first-order valence-corrected chi connectivity index (χ1v) is 8.61. The Labute approximate surface area is 158 Å². The van der Waals surface area contributed by atoms with Gasteiger partial charge in [-0.15, -0.1) is 10.2 Å². The molecular weight excluding hydrogens is 371 g/mol. The number of pyridine rings is 1. The quantitative estimate of drug-likeness (QED) is 0.721. The van der Waals surface area contributed by atoms with Crippen molar-refractivity contribution in [1.82, 2.24) is 25.1 Å². The number of aromatic nitrogens is 5. The molecule has 1 saturated heterocycles. The molecule has 144 valence electrons. The van der Waals surface area contributed by atoms with Crippen molar-refractivity contribution in [2.45, 2.75) is 6.18 Å². The van der Waals surface area contributed by atoms with Gasteiger partial charge in [0.05, 0.1) is 5.69 Å². The molecule has 1 aliphatic rings. The molecule has 3 aromatic rings. The molecule has 0 aromatic carbocycles. The van der Waals surface area contributed by atoms with Crippen LogP contribution < -0.4 is 10.2 Å². The van der Waals surface area contributed by atoms with Gasteiger partial charge in [-0.1, -0.05) is 0 Å². The number of rotatable bonds is 5. The third-order valence-corrected chi connectivity index (χ3v) is 4.44. The maximum Gasteiger partial charge on any atom is 0.433 e. The molecule has 0 radical (unpaired) electrons. The highest BCUT2D eigenvalue weighted by Crippen LogP contribution is 2.28. The summed E-state index contributed by atoms with van der Waals surface area (Å²) in [5, 5.41) is 11.4. The molecule has 28 heavy (non-hydrogen) atoms. The molecule has 1 fully saturated rings. The van der Waals surface area contributed by atoms with Gasteiger partial charge in [0, 0.05) is 49.6 Å². The van der Waals surface area contributed by atoms with Crippen LogP contribution in [0.5, 0.6) is 0 Å². The van der Waals surface area contributed by atoms with Crippen LogP contribution in [0.4, 0.5) is 24.8 Å². The van der Waals surface area contributed by atoms with Gasteiger partial charge in [0.2, 0.25) is 0 Å². The van der Waals surface area contributed by atoms with Crippen molar-refractivity contribution in [2.75, 3.05) is 29.9 Å². The summed E-state index contributed by atoms with van der Waals surface area (Å²) in [6, 6.07) is 8.47. The van der Waals surface area contributed by atoms with E-state index in [0.717, 1.165) is 42.6 Å². The zero-order valence-electron chi connectivity index (χ0n) is 14.6. The lowest BCUT2D eigenvalue weighted by Crippen LogP contribution is -2.50. The summed E-state index contributed by atoms with van der Waals surface area (Å²) < 4.78 is 38.0. The first-order valence-electron chi connectivity index (χ1n) is 8.61. The summed E-state index contributed by atoms with van der Waals surface area (Å²) in [5.41, 5.74) is 0.765. The fourth-order valence-corrected chi connectivity index (χ4v) is 2.91. The normalized spacial score (nSPS) is 14.6. The van der Waals surface area contributed by atoms with Gasteiger partial charge in [-0.05, 0) is 24.3 Å². The van der Waals surface area contributed by atoms with Crippen LogP contribution in [0.15, 0.2) is 49.1 Å². The predicted octanol–water partition coefficient (Wildman–Crippen LogP) is 2.90. The van der Waals surface area contributed by atoms with Gasteiger partial charge in [-0.25, -0.2) is 9.97 Å². The molecule has 0 spiro atoms. The SMILES string of the molecule is FC(F)(F)c1cc(NCC2CN(c3ccc(-c4ccncc4)nn3)C2)ncn1. The third kappa shape index (κ3) is 4.00. The Morgan fingerprint density at radius 2 is 1.82 bits per heavy atom. The number of alkyl halides is 3. The fourth-order valence-electron chi connectivity index (χ4n) is 2.91. The third-order valence-electron chi connectivity index (χ3n) is 4.44. The molecule has 10 heteroatoms. The molecule has 1 N–H and O–H groups in total. The number of nitrogens with one attached hydrogen (secondary N) is 1. The predicted molar refractivity (Wildman–Crippen MR) is 96.5 cm³/mol. The average molecular weight is 387 g/mol. The van der Waals surface area contributed by atoms with Crippen LogP contribution in [-0.2, 0) is 6.18 Å². The summed E-state index contributed by atoms with van der Waals surface area (Å²) in [4.78, 5) is 13.1. The minimum Gasteiger partial charge on any atom is -0.370 e. The van der Waals surface area contributed by atoms with E-state index < -0.39 is 11.9 Å². The highest BCUT2D eigenvalue weighted by atomic mass is 19.4. The molecule has 0 atom stereocenters. The lowest BCUT2D eigenvalue weighted by molar-refractivity contribution is -0.141. The summed E-state index contributed by atoms with van der Waals surface area (Å²) in [6.45, 7) is 2.01. The van der Waals surface area contributed by atoms with E-state index in [9.17, 15) is 13.2 Å². The minimum absolute atomic E-state index is 0.169. The average Bonchev–Trinajstić information content (AvgIpc) is 2.67. The van der Waals surface area contributed by atoms with Crippen molar-refractivity contribution in [2.24, 2.45) is 5.92 Å². The van der Waals surface area contributed by atoms with E-state index in [4.69, 9.17) is 0 Å². The van der Waals surface area contributed by atoms with Gasteiger partial charge in [0.15, 0.2) is 5.82 Å². The van der Waals surface area contributed by atoms with Crippen molar-refractivity contribution in [1.29, 1.82) is 0 Å². The van der Waals surface area contributed by atoms with Gasteiger partial charge in [0.1, 0.15) is 17.8 Å². The van der Waals surface area contributed by atoms with Crippen molar-refractivity contribution in [3.05, 3.63) is 54.7 Å². The standard InChI is InChI=1S/C18H16F3N7/c19-18(20,21)15-7-16(25-11-24-15)23-8-12-9-28(10-12)17-2-1-14(26-27-17)13-3-5-22-6-4-13/h1-7,11-12H,8-10H2,(H,23,24,25). The van der Waals surface area contributed by atoms with Crippen molar-refractivity contribution in [3.8, 4) is 11.3 Å². The number of hydrogen-bond acceptors (Lipinski definition) is 7. The Morgan fingerprint density at radius 1 is 1.04 bits per heavy atom. The first kappa shape index (κ1) is 18.1. The van der Waals surface area contributed by atoms with Crippen LogP contribution in [0, 0.1) is 5.92 Å². The maximum absolute atomic E-state index is 12.7. The van der Waals surface area contributed by atoms with Crippen molar-refractivity contribution in [3.63, 3.8) is 0 Å². The van der Waals surface area contributed by atoms with E-state index >= 15 is 0 Å². The monoisotopic (exact) mass is 387 g/mol. The van der Waals surface area contributed by atoms with Crippen LogP contribution in [-0.4, -0.2) is 44.8 Å². The molecule has 0 unspecified atom stereocenters. The van der Waals surface area contributed by atoms with Crippen LogP contribution in [0.2, 0.25) is 0 Å². The van der Waals surface area contributed by atoms with E-state index in [1.54, 1.807) is 12.4 Å². The van der Waals surface area contributed by atoms with Crippen LogP contribution in [0.3, 0.4) is 0 Å². The Balaban J connectivity index is 1.29. The fraction of sp³-hybridized carbons (Fsp3) is 0.278. The van der Waals surface area contributed by atoms with Crippen LogP contribution >= 0.6 is 0 Å². The van der Waals surface area contributed by atoms with Gasteiger partial charge in [0.25, 0.3) is 0 Å². The Kier molecular flexibility index (Phi) is 4.76. The van der Waals surface area contributed by atoms with Crippen LogP contribution in [0.25, 0.3) is 11.3 Å². The Morgan fingerprint density at radius 3 is 2.50 bits per heavy atom. The molecule has 0 aliphatic carbocycles. The van der Waals surface area contributed by atoms with E-state index in [0.29, 0.717) is 6.54 Å². The summed E-state index contributed by atoms with van der Waals surface area (Å²) in [5.74, 6) is 1.23. The van der Waals surface area contributed by atoms with E-state index in [-0.39, 0.29) is 11.7 Å². The smallest absolute Gasteiger partial charge is 0.370 e. The van der Waals surface area contributed by atoms with Gasteiger partial charge < -0.3 is 10.2 Å². The zero-order valence-corrected chi connectivity index (χ0v) is 14.6. The molecule has 4 rings (SSSR count). The van der Waals surface area contributed by atoms with E-state index in [1.807, 2.05) is 24.3 Å². The molecule has 1 aliphatic heterocycles. The Hall–Kier alpha value is -3.30. The minimum atomic E-state index is -4.48. The first-order chi connectivity index (χ1) is 13.5. The molecule has 0 saturated carbocycles. The highest BCUT2D eigenvalue weighted by Gasteiger charge is 2.33. The second-order valence-corrected chi connectivity index (χ2v) is 6.45. The lowest BCUT2D eigenvalue weighted by atomic mass is 10.0. The molecule has 4 heterocycles. The molecule has 3 aromatic heterocycles. The molecular formula is C18H16F3N7. The second kappa shape index (κ2) is 7.37. The molecule has 0 amide bonds. The van der Waals surface area contributed by atoms with Crippen molar-refractivity contribution < 1.29 is 13.2 Å². The summed E-state index contributed by atoms with van der Waals surface area (Å²) in [7, 11) is 0. The highest BCUT2D eigenvalue weighted by molar-refractivity contribution is 5.59. The maximum atomic E-state index is 12.7. The number of anilines is 2. The van der Waals surface area contributed by atoms with Gasteiger partial charge in [-0.2, -0.15) is 13.2 Å².